The molecule has 0 aliphatic rings. The van der Waals surface area contributed by atoms with Crippen molar-refractivity contribution in [1.29, 1.82) is 0 Å². The number of carbonyl (C=O) groups is 1. The molecule has 2 aromatic carbocycles. The molecule has 0 spiro atoms. The molecule has 122 valence electrons. The topological polar surface area (TPSA) is 69.6 Å². The van der Waals surface area contributed by atoms with Crippen LogP contribution >= 0.6 is 0 Å². The fraction of sp³-hybridized carbons (Fsp3) is 0.316. The van der Waals surface area contributed by atoms with Crippen LogP contribution in [0, 0.1) is 6.92 Å². The Labute approximate surface area is 136 Å². The van der Waals surface area contributed by atoms with Gasteiger partial charge >= 0.3 is 0 Å². The fourth-order valence-electron chi connectivity index (χ4n) is 2.48. The van der Waals surface area contributed by atoms with E-state index in [1.54, 1.807) is 24.3 Å². The quantitative estimate of drug-likeness (QED) is 0.734. The van der Waals surface area contributed by atoms with Crippen LogP contribution in [0.1, 0.15) is 49.0 Å². The molecule has 0 saturated heterocycles. The molecular weight excluding hydrogens is 290 g/mol. The first-order chi connectivity index (χ1) is 10.9. The van der Waals surface area contributed by atoms with Crippen LogP contribution in [0.3, 0.4) is 0 Å². The smallest absolute Gasteiger partial charge is 0.227 e. The number of aliphatic hydroxyl groups is 1. The van der Waals surface area contributed by atoms with Crippen molar-refractivity contribution in [3.05, 3.63) is 59.2 Å². The summed E-state index contributed by atoms with van der Waals surface area (Å²) in [5.74, 6) is 0.130. The maximum Gasteiger partial charge on any atom is 0.227 e. The second-order valence-electron chi connectivity index (χ2n) is 6.06. The van der Waals surface area contributed by atoms with Gasteiger partial charge in [-0.15, -0.1) is 0 Å². The zero-order chi connectivity index (χ0) is 17.0. The van der Waals surface area contributed by atoms with Gasteiger partial charge in [-0.2, -0.15) is 0 Å². The molecule has 0 radical (unpaired) electrons. The average Bonchev–Trinajstić information content (AvgIpc) is 2.50. The molecule has 0 heterocycles. The summed E-state index contributed by atoms with van der Waals surface area (Å²) in [4.78, 5) is 12.2. The largest absolute Gasteiger partial charge is 0.508 e. The molecule has 3 N–H and O–H groups in total. The predicted octanol–water partition coefficient (Wildman–Crippen LogP) is 3.89. The van der Waals surface area contributed by atoms with Crippen LogP contribution in [0.15, 0.2) is 42.5 Å². The number of aryl methyl sites for hydroxylation is 1. The van der Waals surface area contributed by atoms with Gasteiger partial charge in [-0.3, -0.25) is 4.79 Å². The maximum atomic E-state index is 12.2. The summed E-state index contributed by atoms with van der Waals surface area (Å²) in [5, 5.41) is 22.9. The van der Waals surface area contributed by atoms with Crippen molar-refractivity contribution >= 4 is 11.6 Å². The van der Waals surface area contributed by atoms with Crippen LogP contribution in [0.4, 0.5) is 5.69 Å². The van der Waals surface area contributed by atoms with Crippen LogP contribution in [0.2, 0.25) is 0 Å². The summed E-state index contributed by atoms with van der Waals surface area (Å²) >= 11 is 0. The molecule has 23 heavy (non-hydrogen) atoms. The number of aromatic hydroxyl groups is 1. The van der Waals surface area contributed by atoms with E-state index in [4.69, 9.17) is 0 Å². The summed E-state index contributed by atoms with van der Waals surface area (Å²) in [5.41, 5.74) is 2.95. The van der Waals surface area contributed by atoms with Crippen LogP contribution in [0.5, 0.6) is 5.75 Å². The minimum absolute atomic E-state index is 0.0126. The van der Waals surface area contributed by atoms with Gasteiger partial charge in [0.05, 0.1) is 12.5 Å². The first kappa shape index (κ1) is 17.0. The molecule has 2 rings (SSSR count). The van der Waals surface area contributed by atoms with Gasteiger partial charge in [0.15, 0.2) is 0 Å². The summed E-state index contributed by atoms with van der Waals surface area (Å²) in [6, 6.07) is 12.6. The van der Waals surface area contributed by atoms with Crippen molar-refractivity contribution in [3.8, 4) is 5.75 Å². The summed E-state index contributed by atoms with van der Waals surface area (Å²) in [7, 11) is 0. The monoisotopic (exact) mass is 313 g/mol. The lowest BCUT2D eigenvalue weighted by Crippen LogP contribution is -2.16. The van der Waals surface area contributed by atoms with E-state index in [0.29, 0.717) is 11.3 Å². The Bertz CT molecular complexity index is 681. The molecule has 0 aliphatic heterocycles. The first-order valence-electron chi connectivity index (χ1n) is 7.75. The number of phenolic OH excluding ortho intramolecular Hbond substituents is 1. The van der Waals surface area contributed by atoms with Crippen molar-refractivity contribution in [2.24, 2.45) is 0 Å². The van der Waals surface area contributed by atoms with Gasteiger partial charge in [0.2, 0.25) is 5.91 Å². The van der Waals surface area contributed by atoms with Gasteiger partial charge in [-0.25, -0.2) is 0 Å². The Balaban J connectivity index is 2.10. The minimum Gasteiger partial charge on any atom is -0.508 e. The van der Waals surface area contributed by atoms with E-state index in [0.717, 1.165) is 11.1 Å². The highest BCUT2D eigenvalue weighted by atomic mass is 16.3. The molecule has 1 atom stereocenters. The van der Waals surface area contributed by atoms with Gasteiger partial charge in [0.1, 0.15) is 5.75 Å². The van der Waals surface area contributed by atoms with Crippen molar-refractivity contribution in [3.63, 3.8) is 0 Å². The number of anilines is 1. The second-order valence-corrected chi connectivity index (χ2v) is 6.06. The standard InChI is InChI=1S/C19H23NO3/c1-12(2)15-10-16(13(3)9-18(15)22)20-19(23)11-17(21)14-7-5-4-6-8-14/h4-10,12,17,21-22H,11H2,1-3H3,(H,20,23). The number of aliphatic hydroxyl groups excluding tert-OH is 1. The number of nitrogens with one attached hydrogen (secondary N) is 1. The highest BCUT2D eigenvalue weighted by Gasteiger charge is 2.15. The normalized spacial score (nSPS) is 12.2. The third-order valence-electron chi connectivity index (χ3n) is 3.83. The fourth-order valence-corrected chi connectivity index (χ4v) is 2.48. The third kappa shape index (κ3) is 4.33. The van der Waals surface area contributed by atoms with Crippen LogP contribution in [-0.2, 0) is 4.79 Å². The van der Waals surface area contributed by atoms with E-state index >= 15 is 0 Å². The Kier molecular flexibility index (Phi) is 5.40. The Hall–Kier alpha value is -2.33. The lowest BCUT2D eigenvalue weighted by molar-refractivity contribution is -0.118. The van der Waals surface area contributed by atoms with E-state index in [2.05, 4.69) is 5.32 Å². The number of rotatable bonds is 5. The Morgan fingerprint density at radius 2 is 1.83 bits per heavy atom. The number of hydrogen-bond donors (Lipinski definition) is 3. The summed E-state index contributed by atoms with van der Waals surface area (Å²) in [6.07, 6.45) is -0.848. The zero-order valence-corrected chi connectivity index (χ0v) is 13.7. The van der Waals surface area contributed by atoms with Gasteiger partial charge in [-0.1, -0.05) is 44.2 Å². The predicted molar refractivity (Wildman–Crippen MR) is 91.6 cm³/mol. The van der Waals surface area contributed by atoms with Crippen molar-refractivity contribution < 1.29 is 15.0 Å². The lowest BCUT2D eigenvalue weighted by atomic mass is 9.99. The zero-order valence-electron chi connectivity index (χ0n) is 13.7. The number of benzene rings is 2. The molecule has 4 heteroatoms. The lowest BCUT2D eigenvalue weighted by Gasteiger charge is -2.16. The summed E-state index contributed by atoms with van der Waals surface area (Å²) in [6.45, 7) is 5.79. The molecule has 0 saturated carbocycles. The SMILES string of the molecule is Cc1cc(O)c(C(C)C)cc1NC(=O)CC(O)c1ccccc1. The Morgan fingerprint density at radius 1 is 1.17 bits per heavy atom. The van der Waals surface area contributed by atoms with Crippen LogP contribution < -0.4 is 5.32 Å². The molecule has 0 aromatic heterocycles. The van der Waals surface area contributed by atoms with Gasteiger partial charge < -0.3 is 15.5 Å². The van der Waals surface area contributed by atoms with E-state index in [1.165, 1.54) is 0 Å². The highest BCUT2D eigenvalue weighted by Crippen LogP contribution is 2.31. The van der Waals surface area contributed by atoms with Crippen molar-refractivity contribution in [1.82, 2.24) is 0 Å². The highest BCUT2D eigenvalue weighted by molar-refractivity contribution is 5.92. The van der Waals surface area contributed by atoms with Crippen molar-refractivity contribution in [2.45, 2.75) is 39.2 Å². The third-order valence-corrected chi connectivity index (χ3v) is 3.83. The minimum atomic E-state index is -0.835. The average molecular weight is 313 g/mol. The molecule has 2 aromatic rings. The van der Waals surface area contributed by atoms with Crippen LogP contribution in [0.25, 0.3) is 0 Å². The molecule has 4 nitrogen and oxygen atoms in total. The first-order valence-corrected chi connectivity index (χ1v) is 7.75. The van der Waals surface area contributed by atoms with E-state index in [-0.39, 0.29) is 24.0 Å². The van der Waals surface area contributed by atoms with Gasteiger partial charge in [-0.05, 0) is 41.7 Å². The van der Waals surface area contributed by atoms with Gasteiger partial charge in [0.25, 0.3) is 0 Å². The molecule has 1 amide bonds. The van der Waals surface area contributed by atoms with Crippen LogP contribution in [-0.4, -0.2) is 16.1 Å². The number of phenols is 1. The van der Waals surface area contributed by atoms with Crippen molar-refractivity contribution in [2.75, 3.05) is 5.32 Å². The molecular formula is C19H23NO3. The molecule has 0 bridgehead atoms. The number of amides is 1. The van der Waals surface area contributed by atoms with E-state index in [1.807, 2.05) is 39.0 Å². The number of carbonyl (C=O) groups excluding carboxylic acids is 1. The Morgan fingerprint density at radius 3 is 2.43 bits per heavy atom. The second kappa shape index (κ2) is 7.29. The summed E-state index contributed by atoms with van der Waals surface area (Å²) < 4.78 is 0. The maximum absolute atomic E-state index is 12.2. The van der Waals surface area contributed by atoms with E-state index < -0.39 is 6.10 Å². The number of hydrogen-bond acceptors (Lipinski definition) is 3. The molecule has 0 fully saturated rings. The molecule has 0 aliphatic carbocycles. The van der Waals surface area contributed by atoms with Gasteiger partial charge in [0, 0.05) is 5.69 Å². The molecule has 1 unspecified atom stereocenters. The van der Waals surface area contributed by atoms with E-state index in [9.17, 15) is 15.0 Å².